The topological polar surface area (TPSA) is 27.7 Å². The molecule has 0 saturated heterocycles. The zero-order valence-corrected chi connectivity index (χ0v) is 5.72. The molecule has 0 rings (SSSR count). The van der Waals surface area contributed by atoms with E-state index in [-0.39, 0.29) is 0 Å². The maximum atomic E-state index is 7.14. The van der Waals surface area contributed by atoms with Gasteiger partial charge in [0.05, 0.1) is 0 Å². The van der Waals surface area contributed by atoms with Crippen LogP contribution in [-0.2, 0) is 13.3 Å². The molecule has 0 saturated carbocycles. The first-order valence-corrected chi connectivity index (χ1v) is 3.06. The first-order chi connectivity index (χ1) is 3.68. The molecule has 0 aromatic carbocycles. The molecule has 0 atom stereocenters. The third kappa shape index (κ3) is 2.75. The van der Waals surface area contributed by atoms with Gasteiger partial charge in [-0.05, 0) is 0 Å². The molecular formula is C3H10O3Si. The minimum Gasteiger partial charge on any atom is -0.379 e. The van der Waals surface area contributed by atoms with Crippen molar-refractivity contribution in [2.24, 2.45) is 0 Å². The lowest BCUT2D eigenvalue weighted by Gasteiger charge is -2.05. The van der Waals surface area contributed by atoms with Crippen molar-refractivity contribution in [1.82, 2.24) is 0 Å². The smallest absolute Gasteiger partial charge is 0.379 e. The molecule has 0 N–H and O–H groups in total. The highest BCUT2D eigenvalue weighted by atomic mass is 28.3. The van der Waals surface area contributed by atoms with Crippen molar-refractivity contribution < 1.29 is 13.3 Å². The van der Waals surface area contributed by atoms with Gasteiger partial charge in [0.15, 0.2) is 0 Å². The molecule has 0 bridgehead atoms. The van der Waals surface area contributed by atoms with Crippen LogP contribution in [0.3, 0.4) is 0 Å². The van der Waals surface area contributed by atoms with Crippen molar-refractivity contribution in [3.05, 3.63) is 0 Å². The largest absolute Gasteiger partial charge is 0.483 e. The third-order valence-corrected chi connectivity index (χ3v) is 1.50. The van der Waals surface area contributed by atoms with Crippen molar-refractivity contribution in [3.63, 3.8) is 0 Å². The molecule has 0 radical (unpaired) electrons. The van der Waals surface area contributed by atoms with Crippen molar-refractivity contribution in [1.29, 1.82) is 1.23 Å². The fourth-order valence-electron chi connectivity index (χ4n) is 0.250. The Kier molecular flexibility index (Phi) is 3.19. The summed E-state index contributed by atoms with van der Waals surface area (Å²) < 4.78 is 20.9. The van der Waals surface area contributed by atoms with Gasteiger partial charge in [0.25, 0.3) is 0 Å². The summed E-state index contributed by atoms with van der Waals surface area (Å²) in [6, 6.07) is 0. The number of hydrogen-bond donors (Lipinski definition) is 0. The molecule has 0 heterocycles. The zero-order chi connectivity index (χ0) is 6.62. The van der Waals surface area contributed by atoms with Gasteiger partial charge in [-0.1, -0.05) is 0 Å². The molecule has 0 aliphatic rings. The van der Waals surface area contributed by atoms with Crippen molar-refractivity contribution in [3.8, 4) is 0 Å². The predicted molar refractivity (Wildman–Crippen MR) is 28.2 cm³/mol. The lowest BCUT2D eigenvalue weighted by atomic mass is 11.8. The summed E-state index contributed by atoms with van der Waals surface area (Å²) in [6.45, 7) is 0. The second-order valence-corrected chi connectivity index (χ2v) is 2.59. The lowest BCUT2D eigenvalue weighted by Crippen LogP contribution is -2.21. The van der Waals surface area contributed by atoms with Gasteiger partial charge >= 0.3 is 9.46 Å². The summed E-state index contributed by atoms with van der Waals surface area (Å²) in [5, 5.41) is 0. The second kappa shape index (κ2) is 4.26. The summed E-state index contributed by atoms with van der Waals surface area (Å²) in [4.78, 5) is 0. The Balaban J connectivity index is 3.58. The molecule has 0 aliphatic carbocycles. The molecule has 0 amide bonds. The fraction of sp³-hybridized carbons (Fsp3) is 1.00. The summed E-state index contributed by atoms with van der Waals surface area (Å²) >= 11 is 0. The summed E-state index contributed by atoms with van der Waals surface area (Å²) in [5.41, 5.74) is 0. The Morgan fingerprint density at radius 3 is 1.43 bits per heavy atom. The van der Waals surface area contributed by atoms with Crippen molar-refractivity contribution >= 4 is 9.46 Å². The highest BCUT2D eigenvalue weighted by molar-refractivity contribution is 6.36. The van der Waals surface area contributed by atoms with Gasteiger partial charge in [0.1, 0.15) is 1.23 Å². The molecule has 0 aliphatic heterocycles. The van der Waals surface area contributed by atoms with Crippen LogP contribution in [0.15, 0.2) is 0 Å². The maximum absolute atomic E-state index is 7.14. The van der Waals surface area contributed by atoms with Gasteiger partial charge in [0, 0.05) is 21.3 Å². The Hall–Kier alpha value is 0.0969. The molecule has 44 valence electrons. The van der Waals surface area contributed by atoms with Gasteiger partial charge in [-0.3, -0.25) is 0 Å². The Morgan fingerprint density at radius 1 is 1.14 bits per heavy atom. The summed E-state index contributed by atoms with van der Waals surface area (Å²) in [5.74, 6) is 0. The molecule has 4 heteroatoms. The third-order valence-electron chi connectivity index (χ3n) is 0.500. The molecule has 0 aromatic rings. The van der Waals surface area contributed by atoms with E-state index >= 15 is 0 Å². The van der Waals surface area contributed by atoms with Crippen LogP contribution < -0.4 is 0 Å². The minimum atomic E-state index is -2.92. The van der Waals surface area contributed by atoms with Crippen LogP contribution in [0, 0.1) is 0 Å². The minimum absolute atomic E-state index is 1.40. The van der Waals surface area contributed by atoms with Gasteiger partial charge in [-0.25, -0.2) is 0 Å². The van der Waals surface area contributed by atoms with E-state index in [9.17, 15) is 0 Å². The van der Waals surface area contributed by atoms with Gasteiger partial charge < -0.3 is 13.3 Å². The first-order valence-electron chi connectivity index (χ1n) is 2.34. The van der Waals surface area contributed by atoms with Crippen LogP contribution in [0.1, 0.15) is 0 Å². The molecule has 3 nitrogen and oxygen atoms in total. The Bertz CT molecular complexity index is 57.3. The van der Waals surface area contributed by atoms with E-state index in [0.717, 1.165) is 0 Å². The van der Waals surface area contributed by atoms with E-state index < -0.39 is 9.46 Å². The molecule has 0 fully saturated rings. The maximum Gasteiger partial charge on any atom is 0.483 e. The van der Waals surface area contributed by atoms with E-state index in [1.54, 1.807) is 0 Å². The van der Waals surface area contributed by atoms with Crippen LogP contribution in [0.4, 0.5) is 0 Å². The van der Waals surface area contributed by atoms with E-state index in [4.69, 9.17) is 1.23 Å². The van der Waals surface area contributed by atoms with E-state index in [2.05, 4.69) is 13.3 Å². The Labute approximate surface area is 46.4 Å². The molecule has 0 unspecified atom stereocenters. The van der Waals surface area contributed by atoms with Gasteiger partial charge in [-0.15, -0.1) is 0 Å². The second-order valence-electron chi connectivity index (χ2n) is 0.862. The highest BCUT2D eigenvalue weighted by Gasteiger charge is 2.04. The highest BCUT2D eigenvalue weighted by Crippen LogP contribution is 1.81. The average molecular weight is 123 g/mol. The van der Waals surface area contributed by atoms with Crippen LogP contribution in [0.25, 0.3) is 0 Å². The predicted octanol–water partition coefficient (Wildman–Crippen LogP) is -0.357. The lowest BCUT2D eigenvalue weighted by molar-refractivity contribution is 0.163. The standard InChI is InChI=1S/C3H10O3Si/c1-4-7(5-2)6-3/h7H,1-3H3/i7D. The van der Waals surface area contributed by atoms with E-state index in [1.807, 2.05) is 0 Å². The number of hydrogen-bond acceptors (Lipinski definition) is 3. The molecular weight excluding hydrogens is 112 g/mol. The molecule has 0 spiro atoms. The zero-order valence-electron chi connectivity index (χ0n) is 5.72. The van der Waals surface area contributed by atoms with E-state index in [0.29, 0.717) is 0 Å². The summed E-state index contributed by atoms with van der Waals surface area (Å²) in [6.07, 6.45) is 0. The van der Waals surface area contributed by atoms with Crippen LogP contribution in [0.5, 0.6) is 0 Å². The monoisotopic (exact) mass is 123 g/mol. The van der Waals surface area contributed by atoms with Crippen molar-refractivity contribution in [2.45, 2.75) is 0 Å². The van der Waals surface area contributed by atoms with Gasteiger partial charge in [0.2, 0.25) is 0 Å². The van der Waals surface area contributed by atoms with Crippen molar-refractivity contribution in [2.75, 3.05) is 21.3 Å². The quantitative estimate of drug-likeness (QED) is 0.480. The van der Waals surface area contributed by atoms with E-state index in [1.165, 1.54) is 21.3 Å². The first kappa shape index (κ1) is 5.24. The van der Waals surface area contributed by atoms with Crippen LogP contribution >= 0.6 is 0 Å². The fourth-order valence-corrected chi connectivity index (χ4v) is 0.750. The van der Waals surface area contributed by atoms with Crippen LogP contribution in [0.2, 0.25) is 0 Å². The molecule has 0 aromatic heterocycles. The molecule has 7 heavy (non-hydrogen) atoms. The number of rotatable bonds is 3. The normalized spacial score (nSPS) is 13.9. The van der Waals surface area contributed by atoms with Gasteiger partial charge in [-0.2, -0.15) is 0 Å². The van der Waals surface area contributed by atoms with Crippen LogP contribution in [-0.4, -0.2) is 32.0 Å². The Morgan fingerprint density at radius 2 is 1.43 bits per heavy atom. The SMILES string of the molecule is [2H][Si](OC)(OC)OC. The summed E-state index contributed by atoms with van der Waals surface area (Å²) in [7, 11) is 1.26. The average Bonchev–Trinajstić information content (AvgIpc) is 1.87.